The van der Waals surface area contributed by atoms with Crippen LogP contribution >= 0.6 is 0 Å². The standard InChI is InChI=1S/C52H34N4OSi/c1-3-18-35(19-4-1)58(36-20-5-2-6-21-36,48-33-17-27-42-41-26-11-16-32-47(41)57-51(42)48)52-53-49(55-43-28-12-7-22-37(43)38-23-8-13-29-44(38)55)34-50(54-52)56-45-30-14-9-24-39(45)40-25-10-15-31-46(40)56/h1-34H. The Morgan fingerprint density at radius 1 is 0.362 bits per heavy atom. The monoisotopic (exact) mass is 758 g/mol. The van der Waals surface area contributed by atoms with Crippen LogP contribution < -0.4 is 21.0 Å². The highest BCUT2D eigenvalue weighted by atomic mass is 28.3. The van der Waals surface area contributed by atoms with Gasteiger partial charge in [0, 0.05) is 43.6 Å². The van der Waals surface area contributed by atoms with E-state index in [4.69, 9.17) is 14.4 Å². The molecule has 0 fully saturated rings. The summed E-state index contributed by atoms with van der Waals surface area (Å²) in [5.41, 5.74) is 6.86. The molecule has 0 amide bonds. The van der Waals surface area contributed by atoms with E-state index in [0.717, 1.165) is 66.3 Å². The summed E-state index contributed by atoms with van der Waals surface area (Å²) >= 11 is 0. The summed E-state index contributed by atoms with van der Waals surface area (Å²) in [4.78, 5) is 11.7. The van der Waals surface area contributed by atoms with Gasteiger partial charge in [0.15, 0.2) is 0 Å². The van der Waals surface area contributed by atoms with Gasteiger partial charge in [-0.25, -0.2) is 9.97 Å². The number of aromatic nitrogens is 4. The second-order valence-electron chi connectivity index (χ2n) is 14.9. The van der Waals surface area contributed by atoms with Crippen LogP contribution in [-0.4, -0.2) is 27.2 Å². The third kappa shape index (κ3) is 4.63. The van der Waals surface area contributed by atoms with Gasteiger partial charge in [0.05, 0.1) is 22.1 Å². The second kappa shape index (κ2) is 12.7. The van der Waals surface area contributed by atoms with Crippen LogP contribution in [0.25, 0.3) is 77.2 Å². The molecule has 8 aromatic carbocycles. The Morgan fingerprint density at radius 2 is 0.759 bits per heavy atom. The van der Waals surface area contributed by atoms with E-state index in [9.17, 15) is 0 Å². The van der Waals surface area contributed by atoms with Crippen LogP contribution in [0.5, 0.6) is 0 Å². The van der Waals surface area contributed by atoms with E-state index in [1.165, 1.54) is 31.9 Å². The van der Waals surface area contributed by atoms with Gasteiger partial charge in [-0.15, -0.1) is 0 Å². The molecule has 0 bridgehead atoms. The molecule has 0 radical (unpaired) electrons. The number of benzene rings is 8. The predicted octanol–water partition coefficient (Wildman–Crippen LogP) is 9.95. The van der Waals surface area contributed by atoms with Crippen molar-refractivity contribution in [3.05, 3.63) is 206 Å². The van der Waals surface area contributed by atoms with Crippen molar-refractivity contribution < 1.29 is 4.42 Å². The molecule has 58 heavy (non-hydrogen) atoms. The lowest BCUT2D eigenvalue weighted by atomic mass is 10.1. The minimum Gasteiger partial charge on any atom is -0.456 e. The maximum absolute atomic E-state index is 6.96. The van der Waals surface area contributed by atoms with Crippen molar-refractivity contribution in [3.63, 3.8) is 0 Å². The van der Waals surface area contributed by atoms with Crippen molar-refractivity contribution in [2.45, 2.75) is 0 Å². The van der Waals surface area contributed by atoms with E-state index < -0.39 is 8.07 Å². The fourth-order valence-electron chi connectivity index (χ4n) is 9.43. The Kier molecular flexibility index (Phi) is 7.18. The molecule has 0 spiro atoms. The van der Waals surface area contributed by atoms with Crippen LogP contribution in [0, 0.1) is 0 Å². The molecule has 6 heteroatoms. The molecule has 5 nitrogen and oxygen atoms in total. The van der Waals surface area contributed by atoms with Crippen molar-refractivity contribution in [3.8, 4) is 11.6 Å². The zero-order chi connectivity index (χ0) is 38.2. The smallest absolute Gasteiger partial charge is 0.229 e. The first-order valence-corrected chi connectivity index (χ1v) is 21.7. The Labute approximate surface area is 334 Å². The van der Waals surface area contributed by atoms with Crippen molar-refractivity contribution >= 4 is 94.6 Å². The summed E-state index contributed by atoms with van der Waals surface area (Å²) in [5, 5.41) is 10.3. The molecule has 0 aliphatic carbocycles. The molecule has 0 unspecified atom stereocenters. The number of para-hydroxylation sites is 6. The molecule has 0 atom stereocenters. The van der Waals surface area contributed by atoms with E-state index >= 15 is 0 Å². The van der Waals surface area contributed by atoms with E-state index in [0.29, 0.717) is 0 Å². The lowest BCUT2D eigenvalue weighted by molar-refractivity contribution is 0.671. The lowest BCUT2D eigenvalue weighted by Crippen LogP contribution is -2.76. The van der Waals surface area contributed by atoms with Gasteiger partial charge in [-0.2, -0.15) is 0 Å². The average Bonchev–Trinajstić information content (AvgIpc) is 3.96. The molecule has 4 heterocycles. The normalized spacial score (nSPS) is 12.1. The largest absolute Gasteiger partial charge is 0.456 e. The molecule has 0 saturated carbocycles. The first kappa shape index (κ1) is 32.7. The molecule has 4 aromatic heterocycles. The third-order valence-electron chi connectivity index (χ3n) is 11.9. The van der Waals surface area contributed by atoms with Gasteiger partial charge >= 0.3 is 0 Å². The predicted molar refractivity (Wildman–Crippen MR) is 242 cm³/mol. The highest BCUT2D eigenvalue weighted by molar-refractivity contribution is 7.20. The van der Waals surface area contributed by atoms with Crippen LogP contribution in [0.3, 0.4) is 0 Å². The molecule has 272 valence electrons. The van der Waals surface area contributed by atoms with Crippen LogP contribution in [0.1, 0.15) is 0 Å². The summed E-state index contributed by atoms with van der Waals surface area (Å²) in [6.45, 7) is 0. The Morgan fingerprint density at radius 3 is 1.24 bits per heavy atom. The third-order valence-corrected chi connectivity index (χ3v) is 16.4. The Balaban J connectivity index is 1.30. The average molecular weight is 759 g/mol. The quantitative estimate of drug-likeness (QED) is 0.125. The van der Waals surface area contributed by atoms with Crippen LogP contribution in [0.2, 0.25) is 0 Å². The highest BCUT2D eigenvalue weighted by Crippen LogP contribution is 2.35. The molecule has 0 aliphatic rings. The van der Waals surface area contributed by atoms with E-state index in [1.807, 2.05) is 6.07 Å². The van der Waals surface area contributed by atoms with Crippen LogP contribution in [0.15, 0.2) is 211 Å². The molecular weight excluding hydrogens is 725 g/mol. The van der Waals surface area contributed by atoms with Crippen molar-refractivity contribution in [2.24, 2.45) is 0 Å². The van der Waals surface area contributed by atoms with Crippen molar-refractivity contribution in [1.82, 2.24) is 19.1 Å². The fraction of sp³-hybridized carbons (Fsp3) is 0. The Bertz CT molecular complexity index is 3250. The van der Waals surface area contributed by atoms with E-state index in [-0.39, 0.29) is 0 Å². The van der Waals surface area contributed by atoms with Crippen LogP contribution in [-0.2, 0) is 0 Å². The summed E-state index contributed by atoms with van der Waals surface area (Å²) in [6.07, 6.45) is 0. The first-order chi connectivity index (χ1) is 28.8. The SMILES string of the molecule is c1ccc([Si](c2ccccc2)(c2nc(-n3c4ccccc4c4ccccc43)cc(-n3c4ccccc4c4ccccc43)n2)c2cccc3c2oc2ccccc23)cc1. The summed E-state index contributed by atoms with van der Waals surface area (Å²) in [7, 11) is -3.43. The Hall–Kier alpha value is -7.54. The number of hydrogen-bond donors (Lipinski definition) is 0. The first-order valence-electron chi connectivity index (χ1n) is 19.7. The second-order valence-corrected chi connectivity index (χ2v) is 18.6. The van der Waals surface area contributed by atoms with Gasteiger partial charge in [-0.05, 0) is 40.7 Å². The number of fused-ring (bicyclic) bond motifs is 9. The zero-order valence-electron chi connectivity index (χ0n) is 31.3. The highest BCUT2D eigenvalue weighted by Gasteiger charge is 2.47. The van der Waals surface area contributed by atoms with E-state index in [1.54, 1.807) is 0 Å². The minimum atomic E-state index is -3.43. The topological polar surface area (TPSA) is 48.8 Å². The summed E-state index contributed by atoms with van der Waals surface area (Å²) in [5.74, 6) is 1.61. The van der Waals surface area contributed by atoms with Crippen LogP contribution in [0.4, 0.5) is 0 Å². The van der Waals surface area contributed by atoms with Gasteiger partial charge in [0.25, 0.3) is 0 Å². The zero-order valence-corrected chi connectivity index (χ0v) is 32.3. The fourth-order valence-corrected chi connectivity index (χ4v) is 14.0. The lowest BCUT2D eigenvalue weighted by Gasteiger charge is -2.32. The van der Waals surface area contributed by atoms with Gasteiger partial charge in [-0.3, -0.25) is 9.13 Å². The van der Waals surface area contributed by atoms with Gasteiger partial charge in [-0.1, -0.05) is 170 Å². The molecule has 12 aromatic rings. The maximum atomic E-state index is 6.96. The van der Waals surface area contributed by atoms with Crippen molar-refractivity contribution in [1.29, 1.82) is 0 Å². The maximum Gasteiger partial charge on any atom is 0.229 e. The van der Waals surface area contributed by atoms with E-state index in [2.05, 4.69) is 209 Å². The van der Waals surface area contributed by atoms with Gasteiger partial charge in [0.1, 0.15) is 28.2 Å². The minimum absolute atomic E-state index is 0.772. The molecule has 12 rings (SSSR count). The van der Waals surface area contributed by atoms with Gasteiger partial charge in [0.2, 0.25) is 8.07 Å². The molecule has 0 saturated heterocycles. The number of rotatable bonds is 6. The summed E-state index contributed by atoms with van der Waals surface area (Å²) < 4.78 is 11.6. The number of furan rings is 1. The molecule has 0 N–H and O–H groups in total. The molecular formula is C52H34N4OSi. The number of hydrogen-bond acceptors (Lipinski definition) is 3. The van der Waals surface area contributed by atoms with Crippen molar-refractivity contribution in [2.75, 3.05) is 0 Å². The molecule has 0 aliphatic heterocycles. The van der Waals surface area contributed by atoms with Gasteiger partial charge < -0.3 is 4.42 Å². The number of nitrogens with zero attached hydrogens (tertiary/aromatic N) is 4. The summed E-state index contributed by atoms with van der Waals surface area (Å²) in [6, 6.07) is 73.5.